The van der Waals surface area contributed by atoms with Crippen LogP contribution in [0.1, 0.15) is 31.8 Å². The van der Waals surface area contributed by atoms with Crippen LogP contribution >= 0.6 is 45.2 Å². The molecule has 1 aliphatic carbocycles. The van der Waals surface area contributed by atoms with Crippen LogP contribution in [-0.2, 0) is 0 Å². The molecule has 88 valence electrons. The van der Waals surface area contributed by atoms with Crippen molar-refractivity contribution in [2.45, 2.75) is 0 Å². The van der Waals surface area contributed by atoms with Gasteiger partial charge in [-0.2, -0.15) is 0 Å². The Bertz CT molecular complexity index is 647. The topological polar surface area (TPSA) is 34.1 Å². The van der Waals surface area contributed by atoms with E-state index in [1.165, 1.54) is 0 Å². The summed E-state index contributed by atoms with van der Waals surface area (Å²) in [7, 11) is 0. The molecule has 4 heteroatoms. The standard InChI is InChI=1S/C14H6I2O2/c15-7-1-3-9-11(5-7)14(18)12-6-8(16)2-4-10(12)13(9)17/h1-6H. The van der Waals surface area contributed by atoms with Gasteiger partial charge in [0.1, 0.15) is 0 Å². The van der Waals surface area contributed by atoms with Gasteiger partial charge in [0.15, 0.2) is 11.6 Å². The molecule has 0 radical (unpaired) electrons. The summed E-state index contributed by atoms with van der Waals surface area (Å²) in [5.41, 5.74) is 2.05. The summed E-state index contributed by atoms with van der Waals surface area (Å²) < 4.78 is 1.92. The van der Waals surface area contributed by atoms with Crippen molar-refractivity contribution in [2.24, 2.45) is 0 Å². The first kappa shape index (κ1) is 12.3. The van der Waals surface area contributed by atoms with Crippen molar-refractivity contribution in [3.63, 3.8) is 0 Å². The molecule has 0 saturated carbocycles. The molecule has 0 atom stereocenters. The molecule has 0 amide bonds. The van der Waals surface area contributed by atoms with Gasteiger partial charge >= 0.3 is 0 Å². The maximum absolute atomic E-state index is 12.4. The lowest BCUT2D eigenvalue weighted by Gasteiger charge is -2.17. The van der Waals surface area contributed by atoms with Crippen LogP contribution in [0.15, 0.2) is 36.4 Å². The van der Waals surface area contributed by atoms with E-state index in [-0.39, 0.29) is 11.6 Å². The van der Waals surface area contributed by atoms with E-state index in [4.69, 9.17) is 0 Å². The van der Waals surface area contributed by atoms with Crippen LogP contribution < -0.4 is 0 Å². The predicted molar refractivity (Wildman–Crippen MR) is 85.2 cm³/mol. The van der Waals surface area contributed by atoms with Crippen LogP contribution in [-0.4, -0.2) is 11.6 Å². The molecule has 0 aromatic heterocycles. The number of benzene rings is 2. The van der Waals surface area contributed by atoms with E-state index in [1.807, 2.05) is 12.1 Å². The minimum atomic E-state index is -0.0626. The first-order valence-corrected chi connectivity index (χ1v) is 7.42. The summed E-state index contributed by atoms with van der Waals surface area (Å²) in [5, 5.41) is 0. The zero-order valence-electron chi connectivity index (χ0n) is 9.04. The summed E-state index contributed by atoms with van der Waals surface area (Å²) in [6.07, 6.45) is 0. The molecule has 2 nitrogen and oxygen atoms in total. The Hall–Kier alpha value is -0.760. The van der Waals surface area contributed by atoms with E-state index in [0.29, 0.717) is 22.3 Å². The molecule has 2 aromatic rings. The normalized spacial score (nSPS) is 13.2. The second-order valence-corrected chi connectivity index (χ2v) is 6.53. The van der Waals surface area contributed by atoms with Crippen LogP contribution in [0.25, 0.3) is 0 Å². The van der Waals surface area contributed by atoms with Crippen LogP contribution in [0, 0.1) is 7.14 Å². The number of halogens is 2. The molecule has 0 saturated heterocycles. The molecule has 0 spiro atoms. The lowest BCUT2D eigenvalue weighted by Crippen LogP contribution is -2.21. The van der Waals surface area contributed by atoms with Gasteiger partial charge in [0.05, 0.1) is 0 Å². The SMILES string of the molecule is O=C1c2ccc(I)cc2C(=O)c2cc(I)ccc21. The largest absolute Gasteiger partial charge is 0.289 e. The van der Waals surface area contributed by atoms with E-state index >= 15 is 0 Å². The lowest BCUT2D eigenvalue weighted by molar-refractivity contribution is 0.0979. The third kappa shape index (κ3) is 1.82. The van der Waals surface area contributed by atoms with Crippen molar-refractivity contribution in [1.29, 1.82) is 0 Å². The fraction of sp³-hybridized carbons (Fsp3) is 0. The molecule has 1 aliphatic rings. The van der Waals surface area contributed by atoms with Gasteiger partial charge in [-0.3, -0.25) is 9.59 Å². The van der Waals surface area contributed by atoms with Crippen molar-refractivity contribution in [3.05, 3.63) is 65.8 Å². The molecule has 0 fully saturated rings. The minimum absolute atomic E-state index is 0.0587. The average molecular weight is 460 g/mol. The van der Waals surface area contributed by atoms with Crippen LogP contribution in [0.4, 0.5) is 0 Å². The number of ketones is 2. The molecule has 18 heavy (non-hydrogen) atoms. The van der Waals surface area contributed by atoms with E-state index in [9.17, 15) is 9.59 Å². The fourth-order valence-electron chi connectivity index (χ4n) is 2.09. The molecule has 0 N–H and O–H groups in total. The Morgan fingerprint density at radius 1 is 0.611 bits per heavy atom. The Balaban J connectivity index is 2.32. The van der Waals surface area contributed by atoms with Gasteiger partial charge in [-0.1, -0.05) is 0 Å². The lowest BCUT2D eigenvalue weighted by atomic mass is 9.84. The summed E-state index contributed by atoms with van der Waals surface area (Å²) in [6.45, 7) is 0. The summed E-state index contributed by atoms with van der Waals surface area (Å²) in [6, 6.07) is 10.7. The van der Waals surface area contributed by atoms with Crippen molar-refractivity contribution in [2.75, 3.05) is 0 Å². The van der Waals surface area contributed by atoms with Crippen LogP contribution in [0.2, 0.25) is 0 Å². The third-order valence-corrected chi connectivity index (χ3v) is 4.28. The smallest absolute Gasteiger partial charge is 0.194 e. The van der Waals surface area contributed by atoms with Crippen molar-refractivity contribution >= 4 is 56.7 Å². The quantitative estimate of drug-likeness (QED) is 0.481. The molecule has 0 bridgehead atoms. The molecule has 3 rings (SSSR count). The van der Waals surface area contributed by atoms with Crippen molar-refractivity contribution < 1.29 is 9.59 Å². The summed E-state index contributed by atoms with van der Waals surface area (Å²) in [4.78, 5) is 24.7. The van der Waals surface area contributed by atoms with Crippen LogP contribution in [0.3, 0.4) is 0 Å². The van der Waals surface area contributed by atoms with Gasteiger partial charge in [0.25, 0.3) is 0 Å². The number of hydrogen-bond donors (Lipinski definition) is 0. The van der Waals surface area contributed by atoms with E-state index in [2.05, 4.69) is 45.2 Å². The molecule has 0 heterocycles. The number of carbonyl (C=O) groups is 2. The summed E-state index contributed by atoms with van der Waals surface area (Å²) >= 11 is 4.29. The Kier molecular flexibility index (Phi) is 3.01. The Labute approximate surface area is 131 Å². The first-order chi connectivity index (χ1) is 8.58. The minimum Gasteiger partial charge on any atom is -0.289 e. The second kappa shape index (κ2) is 4.41. The van der Waals surface area contributed by atoms with E-state index < -0.39 is 0 Å². The fourth-order valence-corrected chi connectivity index (χ4v) is 3.08. The second-order valence-electron chi connectivity index (χ2n) is 4.04. The third-order valence-electron chi connectivity index (χ3n) is 2.94. The van der Waals surface area contributed by atoms with Crippen molar-refractivity contribution in [1.82, 2.24) is 0 Å². The maximum atomic E-state index is 12.4. The highest BCUT2D eigenvalue weighted by Crippen LogP contribution is 2.29. The van der Waals surface area contributed by atoms with Gasteiger partial charge in [-0.25, -0.2) is 0 Å². The molecule has 0 aliphatic heterocycles. The molecular formula is C14H6I2O2. The predicted octanol–water partition coefficient (Wildman–Crippen LogP) is 3.67. The maximum Gasteiger partial charge on any atom is 0.194 e. The average Bonchev–Trinajstić information content (AvgIpc) is 2.35. The van der Waals surface area contributed by atoms with Crippen molar-refractivity contribution in [3.8, 4) is 0 Å². The first-order valence-electron chi connectivity index (χ1n) is 5.26. The number of rotatable bonds is 0. The Morgan fingerprint density at radius 2 is 1.00 bits per heavy atom. The molecular weight excluding hydrogens is 454 g/mol. The van der Waals surface area contributed by atoms with Gasteiger partial charge in [-0.05, 0) is 81.6 Å². The zero-order chi connectivity index (χ0) is 12.9. The van der Waals surface area contributed by atoms with Gasteiger partial charge in [0, 0.05) is 29.4 Å². The number of hydrogen-bond acceptors (Lipinski definition) is 2. The van der Waals surface area contributed by atoms with E-state index in [0.717, 1.165) is 7.14 Å². The molecule has 0 unspecified atom stereocenters. The number of fused-ring (bicyclic) bond motifs is 2. The highest BCUT2D eigenvalue weighted by molar-refractivity contribution is 14.1. The van der Waals surface area contributed by atoms with E-state index in [1.54, 1.807) is 24.3 Å². The van der Waals surface area contributed by atoms with Gasteiger partial charge in [0.2, 0.25) is 0 Å². The molecule has 2 aromatic carbocycles. The Morgan fingerprint density at radius 3 is 1.44 bits per heavy atom. The van der Waals surface area contributed by atoms with Crippen LogP contribution in [0.5, 0.6) is 0 Å². The highest BCUT2D eigenvalue weighted by atomic mass is 127. The summed E-state index contributed by atoms with van der Waals surface area (Å²) in [5.74, 6) is -0.121. The zero-order valence-corrected chi connectivity index (χ0v) is 13.4. The number of carbonyl (C=O) groups excluding carboxylic acids is 2. The van der Waals surface area contributed by atoms with Gasteiger partial charge in [-0.15, -0.1) is 0 Å². The van der Waals surface area contributed by atoms with Gasteiger partial charge < -0.3 is 0 Å². The monoisotopic (exact) mass is 460 g/mol. The highest BCUT2D eigenvalue weighted by Gasteiger charge is 2.29.